The Hall–Kier alpha value is -1.91. The molecule has 0 aliphatic carbocycles. The summed E-state index contributed by atoms with van der Waals surface area (Å²) >= 11 is 11.7. The highest BCUT2D eigenvalue weighted by atomic mass is 35.5. The van der Waals surface area contributed by atoms with Gasteiger partial charge in [-0.25, -0.2) is 4.79 Å². The van der Waals surface area contributed by atoms with Crippen LogP contribution in [0, 0.1) is 6.92 Å². The highest BCUT2D eigenvalue weighted by Gasteiger charge is 2.03. The molecule has 2 amide bonds. The Morgan fingerprint density at radius 2 is 1.91 bits per heavy atom. The Morgan fingerprint density at radius 3 is 2.64 bits per heavy atom. The van der Waals surface area contributed by atoms with Crippen molar-refractivity contribution < 1.29 is 9.53 Å². The number of aryl methyl sites for hydroxylation is 1. The molecule has 0 aliphatic heterocycles. The van der Waals surface area contributed by atoms with Gasteiger partial charge >= 0.3 is 6.03 Å². The van der Waals surface area contributed by atoms with Gasteiger partial charge in [0.15, 0.2) is 0 Å². The maximum atomic E-state index is 11.7. The summed E-state index contributed by atoms with van der Waals surface area (Å²) in [6.07, 6.45) is 0. The summed E-state index contributed by atoms with van der Waals surface area (Å²) in [5.41, 5.74) is 1.59. The fourth-order valence-corrected chi connectivity index (χ4v) is 2.26. The molecule has 4 nitrogen and oxygen atoms in total. The predicted molar refractivity (Wildman–Crippen MR) is 90.2 cm³/mol. The summed E-state index contributed by atoms with van der Waals surface area (Å²) in [5, 5.41) is 6.64. The van der Waals surface area contributed by atoms with E-state index in [1.165, 1.54) is 0 Å². The van der Waals surface area contributed by atoms with Crippen molar-refractivity contribution in [2.24, 2.45) is 0 Å². The molecule has 6 heteroatoms. The van der Waals surface area contributed by atoms with Crippen molar-refractivity contribution in [1.82, 2.24) is 5.32 Å². The van der Waals surface area contributed by atoms with Gasteiger partial charge in [0.05, 0.1) is 6.54 Å². The quantitative estimate of drug-likeness (QED) is 0.788. The molecule has 116 valence electrons. The second-order valence-corrected chi connectivity index (χ2v) is 5.52. The fourth-order valence-electron chi connectivity index (χ4n) is 1.84. The monoisotopic (exact) mass is 338 g/mol. The third-order valence-corrected chi connectivity index (χ3v) is 3.33. The number of nitrogens with one attached hydrogen (secondary N) is 2. The van der Waals surface area contributed by atoms with Gasteiger partial charge in [-0.15, -0.1) is 0 Å². The van der Waals surface area contributed by atoms with E-state index >= 15 is 0 Å². The molecular weight excluding hydrogens is 323 g/mol. The lowest BCUT2D eigenvalue weighted by molar-refractivity contribution is 0.247. The van der Waals surface area contributed by atoms with Gasteiger partial charge in [0.1, 0.15) is 12.4 Å². The largest absolute Gasteiger partial charge is 0.491 e. The zero-order valence-electron chi connectivity index (χ0n) is 12.0. The second kappa shape index (κ2) is 7.92. The van der Waals surface area contributed by atoms with Crippen molar-refractivity contribution in [3.05, 3.63) is 58.1 Å². The molecular formula is C16H16Cl2N2O2. The minimum absolute atomic E-state index is 0.307. The summed E-state index contributed by atoms with van der Waals surface area (Å²) < 4.78 is 5.59. The Balaban J connectivity index is 1.73. The molecule has 0 heterocycles. The number of hydrogen-bond acceptors (Lipinski definition) is 2. The first-order valence-corrected chi connectivity index (χ1v) is 7.49. The number of anilines is 1. The third kappa shape index (κ3) is 5.13. The predicted octanol–water partition coefficient (Wildman–Crippen LogP) is 4.50. The minimum Gasteiger partial charge on any atom is -0.491 e. The van der Waals surface area contributed by atoms with Gasteiger partial charge in [0.2, 0.25) is 0 Å². The van der Waals surface area contributed by atoms with E-state index in [4.69, 9.17) is 27.9 Å². The number of urea groups is 1. The standard InChI is InChI=1S/C16H16Cl2N2O2/c1-11-9-13(18)5-6-15(11)22-8-7-19-16(21)20-14-4-2-3-12(17)10-14/h2-6,9-10H,7-8H2,1H3,(H2,19,20,21). The zero-order valence-corrected chi connectivity index (χ0v) is 13.5. The van der Waals surface area contributed by atoms with Crippen LogP contribution < -0.4 is 15.4 Å². The number of rotatable bonds is 5. The molecule has 0 fully saturated rings. The van der Waals surface area contributed by atoms with Gasteiger partial charge in [0, 0.05) is 15.7 Å². The molecule has 0 radical (unpaired) electrons. The van der Waals surface area contributed by atoms with Crippen LogP contribution in [0.4, 0.5) is 10.5 Å². The molecule has 0 saturated carbocycles. The summed E-state index contributed by atoms with van der Waals surface area (Å²) in [6.45, 7) is 2.67. The van der Waals surface area contributed by atoms with Crippen molar-refractivity contribution in [3.8, 4) is 5.75 Å². The number of benzene rings is 2. The lowest BCUT2D eigenvalue weighted by Gasteiger charge is -2.11. The minimum atomic E-state index is -0.307. The molecule has 0 saturated heterocycles. The van der Waals surface area contributed by atoms with E-state index in [1.54, 1.807) is 30.3 Å². The van der Waals surface area contributed by atoms with Crippen molar-refractivity contribution in [3.63, 3.8) is 0 Å². The SMILES string of the molecule is Cc1cc(Cl)ccc1OCCNC(=O)Nc1cccc(Cl)c1. The number of amides is 2. The first kappa shape index (κ1) is 16.5. The van der Waals surface area contributed by atoms with E-state index < -0.39 is 0 Å². The van der Waals surface area contributed by atoms with Crippen LogP contribution in [0.5, 0.6) is 5.75 Å². The summed E-state index contributed by atoms with van der Waals surface area (Å²) in [5.74, 6) is 0.751. The summed E-state index contributed by atoms with van der Waals surface area (Å²) in [4.78, 5) is 11.7. The average Bonchev–Trinajstić information content (AvgIpc) is 2.45. The first-order valence-electron chi connectivity index (χ1n) is 6.74. The molecule has 2 aromatic carbocycles. The maximum absolute atomic E-state index is 11.7. The van der Waals surface area contributed by atoms with E-state index in [2.05, 4.69) is 10.6 Å². The second-order valence-electron chi connectivity index (χ2n) is 4.65. The van der Waals surface area contributed by atoms with E-state index in [0.717, 1.165) is 11.3 Å². The van der Waals surface area contributed by atoms with E-state index in [1.807, 2.05) is 19.1 Å². The summed E-state index contributed by atoms with van der Waals surface area (Å²) in [7, 11) is 0. The van der Waals surface area contributed by atoms with E-state index in [0.29, 0.717) is 28.9 Å². The Labute approximate surface area is 139 Å². The molecule has 0 unspecified atom stereocenters. The maximum Gasteiger partial charge on any atom is 0.319 e. The topological polar surface area (TPSA) is 50.4 Å². The fraction of sp³-hybridized carbons (Fsp3) is 0.188. The van der Waals surface area contributed by atoms with Crippen molar-refractivity contribution >= 4 is 34.9 Å². The van der Waals surface area contributed by atoms with Crippen LogP contribution in [0.25, 0.3) is 0 Å². The number of hydrogen-bond donors (Lipinski definition) is 2. The molecule has 22 heavy (non-hydrogen) atoms. The third-order valence-electron chi connectivity index (χ3n) is 2.86. The first-order chi connectivity index (χ1) is 10.5. The Kier molecular flexibility index (Phi) is 5.92. The molecule has 0 atom stereocenters. The number of ether oxygens (including phenoxy) is 1. The lowest BCUT2D eigenvalue weighted by Crippen LogP contribution is -2.32. The van der Waals surface area contributed by atoms with Gasteiger partial charge in [-0.3, -0.25) is 0 Å². The lowest BCUT2D eigenvalue weighted by atomic mass is 10.2. The number of halogens is 2. The van der Waals surface area contributed by atoms with Crippen molar-refractivity contribution in [2.45, 2.75) is 6.92 Å². The number of carbonyl (C=O) groups is 1. The van der Waals surface area contributed by atoms with Crippen molar-refractivity contribution in [1.29, 1.82) is 0 Å². The number of carbonyl (C=O) groups excluding carboxylic acids is 1. The molecule has 0 aromatic heterocycles. The van der Waals surface area contributed by atoms with Crippen LogP contribution in [-0.2, 0) is 0 Å². The highest BCUT2D eigenvalue weighted by molar-refractivity contribution is 6.31. The summed E-state index contributed by atoms with van der Waals surface area (Å²) in [6, 6.07) is 12.0. The average molecular weight is 339 g/mol. The van der Waals surface area contributed by atoms with Crippen molar-refractivity contribution in [2.75, 3.05) is 18.5 Å². The Morgan fingerprint density at radius 1 is 1.14 bits per heavy atom. The van der Waals surface area contributed by atoms with Gasteiger partial charge in [-0.1, -0.05) is 29.3 Å². The molecule has 2 N–H and O–H groups in total. The smallest absolute Gasteiger partial charge is 0.319 e. The van der Waals surface area contributed by atoms with E-state index in [-0.39, 0.29) is 6.03 Å². The normalized spacial score (nSPS) is 10.1. The van der Waals surface area contributed by atoms with Crippen LogP contribution in [0.1, 0.15) is 5.56 Å². The van der Waals surface area contributed by atoms with Gasteiger partial charge in [-0.05, 0) is 48.9 Å². The van der Waals surface area contributed by atoms with Crippen LogP contribution in [0.15, 0.2) is 42.5 Å². The van der Waals surface area contributed by atoms with Gasteiger partial charge < -0.3 is 15.4 Å². The van der Waals surface area contributed by atoms with E-state index in [9.17, 15) is 4.79 Å². The molecule has 0 spiro atoms. The van der Waals surface area contributed by atoms with Gasteiger partial charge in [-0.2, -0.15) is 0 Å². The van der Waals surface area contributed by atoms with Gasteiger partial charge in [0.25, 0.3) is 0 Å². The van der Waals surface area contributed by atoms with Crippen LogP contribution >= 0.6 is 23.2 Å². The molecule has 0 bridgehead atoms. The molecule has 2 aromatic rings. The molecule has 0 aliphatic rings. The Bertz CT molecular complexity index is 662. The highest BCUT2D eigenvalue weighted by Crippen LogP contribution is 2.21. The van der Waals surface area contributed by atoms with Crippen LogP contribution in [0.2, 0.25) is 10.0 Å². The molecule has 2 rings (SSSR count). The zero-order chi connectivity index (χ0) is 15.9. The van der Waals surface area contributed by atoms with Crippen LogP contribution in [-0.4, -0.2) is 19.2 Å². The van der Waals surface area contributed by atoms with Crippen LogP contribution in [0.3, 0.4) is 0 Å².